The van der Waals surface area contributed by atoms with Gasteiger partial charge in [0.2, 0.25) is 11.5 Å². The molecule has 0 radical (unpaired) electrons. The number of aryl methyl sites for hydroxylation is 1. The average molecular weight is 338 g/mol. The van der Waals surface area contributed by atoms with Crippen LogP contribution in [0.4, 0.5) is 18.9 Å². The summed E-state index contributed by atoms with van der Waals surface area (Å²) in [5.41, 5.74) is -3.03. The molecule has 1 amide bonds. The Morgan fingerprint density at radius 3 is 2.71 bits per heavy atom. The third-order valence-corrected chi connectivity index (χ3v) is 3.35. The highest BCUT2D eigenvalue weighted by Crippen LogP contribution is 2.40. The molecular weight excluding hydrogens is 325 g/mol. The van der Waals surface area contributed by atoms with Crippen LogP contribution in [-0.4, -0.2) is 26.7 Å². The minimum atomic E-state index is -5.10. The summed E-state index contributed by atoms with van der Waals surface area (Å²) in [6.45, 7) is 0. The maximum Gasteiger partial charge on any atom is 0.425 e. The van der Waals surface area contributed by atoms with Gasteiger partial charge in [-0.15, -0.1) is 0 Å². The van der Waals surface area contributed by atoms with Crippen LogP contribution in [0, 0.1) is 11.3 Å². The van der Waals surface area contributed by atoms with E-state index in [-0.39, 0.29) is 11.3 Å². The minimum Gasteiger partial charge on any atom is -0.374 e. The number of alkyl halides is 3. The third-order valence-electron chi connectivity index (χ3n) is 3.35. The summed E-state index contributed by atoms with van der Waals surface area (Å²) in [7, 11) is 1.29. The number of aromatic nitrogens is 2. The normalized spacial score (nSPS) is 13.8. The number of imidazole rings is 1. The third kappa shape index (κ3) is 3.38. The lowest BCUT2D eigenvalue weighted by Gasteiger charge is -2.29. The lowest BCUT2D eigenvalue weighted by Crippen LogP contribution is -2.46. The molecule has 9 heteroatoms. The lowest BCUT2D eigenvalue weighted by atomic mass is 9.97. The zero-order chi connectivity index (χ0) is 18.0. The molecule has 0 bridgehead atoms. The first-order chi connectivity index (χ1) is 11.2. The van der Waals surface area contributed by atoms with Gasteiger partial charge in [0.25, 0.3) is 0 Å². The van der Waals surface area contributed by atoms with E-state index in [0.29, 0.717) is 0 Å². The molecular formula is C15H13F3N4O2. The fraction of sp³-hybridized carbons (Fsp3) is 0.267. The molecule has 0 spiro atoms. The van der Waals surface area contributed by atoms with E-state index in [9.17, 15) is 23.1 Å². The molecule has 1 aromatic carbocycles. The predicted molar refractivity (Wildman–Crippen MR) is 77.6 cm³/mol. The topological polar surface area (TPSA) is 90.9 Å². The van der Waals surface area contributed by atoms with Gasteiger partial charge in [-0.1, -0.05) is 6.07 Å². The van der Waals surface area contributed by atoms with Crippen molar-refractivity contribution in [2.75, 3.05) is 5.32 Å². The van der Waals surface area contributed by atoms with Crippen LogP contribution in [0.5, 0.6) is 0 Å². The molecule has 2 N–H and O–H groups in total. The highest BCUT2D eigenvalue weighted by molar-refractivity contribution is 5.91. The summed E-state index contributed by atoms with van der Waals surface area (Å²) >= 11 is 0. The van der Waals surface area contributed by atoms with Gasteiger partial charge in [-0.25, -0.2) is 4.98 Å². The molecule has 0 aliphatic carbocycles. The van der Waals surface area contributed by atoms with Gasteiger partial charge in [-0.05, 0) is 18.2 Å². The maximum absolute atomic E-state index is 13.3. The van der Waals surface area contributed by atoms with Gasteiger partial charge in [0.05, 0.1) is 18.1 Å². The molecule has 0 aliphatic rings. The molecule has 2 aromatic rings. The Hall–Kier alpha value is -2.86. The average Bonchev–Trinajstić information content (AvgIpc) is 2.92. The molecule has 1 atom stereocenters. The lowest BCUT2D eigenvalue weighted by molar-refractivity contribution is -0.270. The van der Waals surface area contributed by atoms with Gasteiger partial charge >= 0.3 is 6.18 Å². The van der Waals surface area contributed by atoms with Crippen LogP contribution in [0.3, 0.4) is 0 Å². The van der Waals surface area contributed by atoms with E-state index in [1.807, 2.05) is 6.07 Å². The SMILES string of the molecule is Cn1ccnc1C(O)(CC(=O)Nc1cccc(C#N)c1)C(F)(F)F. The Morgan fingerprint density at radius 1 is 1.46 bits per heavy atom. The Kier molecular flexibility index (Phi) is 4.61. The Morgan fingerprint density at radius 2 is 2.17 bits per heavy atom. The first kappa shape index (κ1) is 17.5. The van der Waals surface area contributed by atoms with Crippen LogP contribution in [0.1, 0.15) is 17.8 Å². The molecule has 2 rings (SSSR count). The number of benzene rings is 1. The summed E-state index contributed by atoms with van der Waals surface area (Å²) in [4.78, 5) is 15.5. The van der Waals surface area contributed by atoms with Gasteiger partial charge in [-0.2, -0.15) is 18.4 Å². The van der Waals surface area contributed by atoms with E-state index < -0.39 is 29.9 Å². The van der Waals surface area contributed by atoms with Crippen molar-refractivity contribution in [1.82, 2.24) is 9.55 Å². The molecule has 1 unspecified atom stereocenters. The quantitative estimate of drug-likeness (QED) is 0.893. The smallest absolute Gasteiger partial charge is 0.374 e. The van der Waals surface area contributed by atoms with Crippen molar-refractivity contribution in [2.45, 2.75) is 18.2 Å². The molecule has 24 heavy (non-hydrogen) atoms. The van der Waals surface area contributed by atoms with Crippen molar-refractivity contribution in [3.8, 4) is 6.07 Å². The van der Waals surface area contributed by atoms with E-state index in [0.717, 1.165) is 10.8 Å². The summed E-state index contributed by atoms with van der Waals surface area (Å²) in [5.74, 6) is -1.75. The van der Waals surface area contributed by atoms with Gasteiger partial charge in [0.15, 0.2) is 5.82 Å². The van der Waals surface area contributed by atoms with Crippen LogP contribution in [-0.2, 0) is 17.4 Å². The fourth-order valence-corrected chi connectivity index (χ4v) is 2.17. The number of anilines is 1. The number of nitrogens with one attached hydrogen (secondary N) is 1. The van der Waals surface area contributed by atoms with E-state index in [2.05, 4.69) is 10.3 Å². The van der Waals surface area contributed by atoms with Crippen LogP contribution < -0.4 is 5.32 Å². The van der Waals surface area contributed by atoms with Crippen LogP contribution >= 0.6 is 0 Å². The zero-order valence-corrected chi connectivity index (χ0v) is 12.5. The van der Waals surface area contributed by atoms with Crippen molar-refractivity contribution in [3.05, 3.63) is 48.0 Å². The number of aliphatic hydroxyl groups is 1. The van der Waals surface area contributed by atoms with Gasteiger partial charge < -0.3 is 15.0 Å². The first-order valence-electron chi connectivity index (χ1n) is 6.74. The van der Waals surface area contributed by atoms with Crippen molar-refractivity contribution in [2.24, 2.45) is 7.05 Å². The number of nitrogens with zero attached hydrogens (tertiary/aromatic N) is 3. The van der Waals surface area contributed by atoms with Crippen LogP contribution in [0.2, 0.25) is 0 Å². The van der Waals surface area contributed by atoms with E-state index in [1.165, 1.54) is 37.5 Å². The number of amides is 1. The highest BCUT2D eigenvalue weighted by Gasteiger charge is 2.58. The molecule has 0 aliphatic heterocycles. The van der Waals surface area contributed by atoms with Gasteiger partial charge in [0.1, 0.15) is 0 Å². The molecule has 1 heterocycles. The van der Waals surface area contributed by atoms with Crippen molar-refractivity contribution in [3.63, 3.8) is 0 Å². The predicted octanol–water partition coefficient (Wildman–Crippen LogP) is 2.07. The van der Waals surface area contributed by atoms with E-state index in [4.69, 9.17) is 5.26 Å². The molecule has 1 aromatic heterocycles. The first-order valence-corrected chi connectivity index (χ1v) is 6.74. The summed E-state index contributed by atoms with van der Waals surface area (Å²) in [6, 6.07) is 7.54. The minimum absolute atomic E-state index is 0.156. The number of hydrogen-bond acceptors (Lipinski definition) is 4. The Labute approximate surface area is 135 Å². The standard InChI is InChI=1S/C15H13F3N4O2/c1-22-6-5-20-13(22)14(24,15(16,17)18)8-12(23)21-11-4-2-3-10(7-11)9-19/h2-7,24H,8H2,1H3,(H,21,23). The maximum atomic E-state index is 13.3. The van der Waals surface area contributed by atoms with Gasteiger partial charge in [0, 0.05) is 25.1 Å². The fourth-order valence-electron chi connectivity index (χ4n) is 2.17. The van der Waals surface area contributed by atoms with Crippen LogP contribution in [0.15, 0.2) is 36.7 Å². The number of carbonyl (C=O) groups excluding carboxylic acids is 1. The molecule has 0 saturated carbocycles. The summed E-state index contributed by atoms with van der Waals surface area (Å²) < 4.78 is 41.0. The number of hydrogen-bond donors (Lipinski definition) is 2. The summed E-state index contributed by atoms with van der Waals surface area (Å²) in [5, 5.41) is 21.1. The summed E-state index contributed by atoms with van der Waals surface area (Å²) in [6.07, 6.45) is -4.03. The largest absolute Gasteiger partial charge is 0.425 e. The number of carbonyl (C=O) groups is 1. The van der Waals surface area contributed by atoms with Crippen molar-refractivity contribution >= 4 is 11.6 Å². The molecule has 6 nitrogen and oxygen atoms in total. The number of rotatable bonds is 4. The van der Waals surface area contributed by atoms with Crippen molar-refractivity contribution in [1.29, 1.82) is 5.26 Å². The second kappa shape index (κ2) is 6.33. The monoisotopic (exact) mass is 338 g/mol. The Bertz CT molecular complexity index is 795. The highest BCUT2D eigenvalue weighted by atomic mass is 19.4. The van der Waals surface area contributed by atoms with Gasteiger partial charge in [-0.3, -0.25) is 4.79 Å². The second-order valence-corrected chi connectivity index (χ2v) is 5.14. The molecule has 0 saturated heterocycles. The number of nitriles is 1. The van der Waals surface area contributed by atoms with E-state index in [1.54, 1.807) is 0 Å². The number of halogens is 3. The second-order valence-electron chi connectivity index (χ2n) is 5.14. The van der Waals surface area contributed by atoms with Crippen molar-refractivity contribution < 1.29 is 23.1 Å². The zero-order valence-electron chi connectivity index (χ0n) is 12.5. The Balaban J connectivity index is 2.26. The molecule has 126 valence electrons. The van der Waals surface area contributed by atoms with Crippen LogP contribution in [0.25, 0.3) is 0 Å². The van der Waals surface area contributed by atoms with E-state index >= 15 is 0 Å². The molecule has 0 fully saturated rings.